The topological polar surface area (TPSA) is 76.5 Å². The first kappa shape index (κ1) is 14.2. The van der Waals surface area contributed by atoms with E-state index < -0.39 is 10.0 Å². The lowest BCUT2D eigenvalue weighted by atomic mass is 10.3. The van der Waals surface area contributed by atoms with Gasteiger partial charge in [-0.15, -0.1) is 0 Å². The lowest BCUT2D eigenvalue weighted by molar-refractivity contribution is 0.371. The van der Waals surface area contributed by atoms with Crippen LogP contribution in [0.3, 0.4) is 0 Å². The third kappa shape index (κ3) is 3.31. The molecule has 1 aromatic rings. The zero-order valence-corrected chi connectivity index (χ0v) is 11.2. The van der Waals surface area contributed by atoms with Crippen molar-refractivity contribution in [2.75, 3.05) is 13.1 Å². The predicted molar refractivity (Wildman–Crippen MR) is 65.9 cm³/mol. The molecule has 0 aromatic carbocycles. The maximum atomic E-state index is 12.2. The summed E-state index contributed by atoms with van der Waals surface area (Å²) < 4.78 is 31.0. The van der Waals surface area contributed by atoms with E-state index in [4.69, 9.17) is 10.2 Å². The van der Waals surface area contributed by atoms with Crippen molar-refractivity contribution in [3.05, 3.63) is 17.9 Å². The molecule has 0 saturated heterocycles. The molecule has 0 aliphatic carbocycles. The van der Waals surface area contributed by atoms with Crippen LogP contribution in [0.25, 0.3) is 0 Å². The monoisotopic (exact) mass is 260 g/mol. The van der Waals surface area contributed by atoms with Crippen LogP contribution in [0.4, 0.5) is 0 Å². The summed E-state index contributed by atoms with van der Waals surface area (Å²) in [7, 11) is -3.50. The number of sulfonamides is 1. The molecule has 0 fully saturated rings. The maximum Gasteiger partial charge on any atom is 0.276 e. The summed E-state index contributed by atoms with van der Waals surface area (Å²) in [5.74, 6) is 0.482. The summed E-state index contributed by atoms with van der Waals surface area (Å²) in [6, 6.07) is 3.06. The molecule has 1 aromatic heterocycles. The van der Waals surface area contributed by atoms with Gasteiger partial charge in [0.1, 0.15) is 5.76 Å². The number of unbranched alkanes of at least 4 members (excludes halogenated alkanes) is 1. The lowest BCUT2D eigenvalue weighted by Crippen LogP contribution is -2.31. The van der Waals surface area contributed by atoms with Gasteiger partial charge in [0, 0.05) is 13.1 Å². The van der Waals surface area contributed by atoms with E-state index >= 15 is 0 Å². The number of rotatable bonds is 7. The van der Waals surface area contributed by atoms with Gasteiger partial charge in [0.25, 0.3) is 10.0 Å². The van der Waals surface area contributed by atoms with Crippen molar-refractivity contribution in [3.8, 4) is 0 Å². The minimum absolute atomic E-state index is 0.0177. The Morgan fingerprint density at radius 2 is 2.06 bits per heavy atom. The summed E-state index contributed by atoms with van der Waals surface area (Å²) in [6.45, 7) is 5.02. The molecule has 0 unspecified atom stereocenters. The van der Waals surface area contributed by atoms with Crippen LogP contribution < -0.4 is 5.73 Å². The average Bonchev–Trinajstić information content (AvgIpc) is 2.79. The largest absolute Gasteiger partial charge is 0.447 e. The summed E-state index contributed by atoms with van der Waals surface area (Å²) >= 11 is 0. The molecule has 1 heterocycles. The molecule has 0 amide bonds. The molecule has 6 heteroatoms. The second-order valence-corrected chi connectivity index (χ2v) is 5.64. The Hall–Kier alpha value is -0.850. The molecule has 0 atom stereocenters. The van der Waals surface area contributed by atoms with Crippen LogP contribution in [-0.2, 0) is 16.6 Å². The molecular weight excluding hydrogens is 240 g/mol. The Balaban J connectivity index is 2.91. The van der Waals surface area contributed by atoms with Crippen LogP contribution in [0, 0.1) is 0 Å². The summed E-state index contributed by atoms with van der Waals surface area (Å²) in [5, 5.41) is -0.0177. The van der Waals surface area contributed by atoms with Crippen molar-refractivity contribution in [2.24, 2.45) is 5.73 Å². The molecule has 0 aliphatic rings. The third-order valence-corrected chi connectivity index (χ3v) is 4.39. The van der Waals surface area contributed by atoms with E-state index in [9.17, 15) is 8.42 Å². The zero-order valence-electron chi connectivity index (χ0n) is 10.3. The molecule has 0 radical (unpaired) electrons. The Labute approximate surface area is 103 Å². The minimum Gasteiger partial charge on any atom is -0.447 e. The van der Waals surface area contributed by atoms with Crippen molar-refractivity contribution in [3.63, 3.8) is 0 Å². The number of nitrogens with two attached hydrogens (primary N) is 1. The van der Waals surface area contributed by atoms with Gasteiger partial charge in [-0.25, -0.2) is 8.42 Å². The first-order valence-corrected chi connectivity index (χ1v) is 7.29. The number of nitrogens with zero attached hydrogens (tertiary/aromatic N) is 1. The zero-order chi connectivity index (χ0) is 12.9. The first-order valence-electron chi connectivity index (χ1n) is 5.85. The van der Waals surface area contributed by atoms with E-state index in [2.05, 4.69) is 0 Å². The summed E-state index contributed by atoms with van der Waals surface area (Å²) in [5.41, 5.74) is 5.39. The molecule has 98 valence electrons. The fourth-order valence-electron chi connectivity index (χ4n) is 1.52. The van der Waals surface area contributed by atoms with Crippen molar-refractivity contribution in [1.82, 2.24) is 4.31 Å². The van der Waals surface area contributed by atoms with Crippen LogP contribution in [-0.4, -0.2) is 25.8 Å². The molecule has 0 saturated carbocycles. The van der Waals surface area contributed by atoms with E-state index in [-0.39, 0.29) is 11.6 Å². The fraction of sp³-hybridized carbons (Fsp3) is 0.636. The molecule has 0 aliphatic heterocycles. The Kier molecular flexibility index (Phi) is 5.17. The smallest absolute Gasteiger partial charge is 0.276 e. The van der Waals surface area contributed by atoms with Crippen molar-refractivity contribution >= 4 is 10.0 Å². The van der Waals surface area contributed by atoms with Gasteiger partial charge < -0.3 is 10.2 Å². The molecule has 1 rings (SSSR count). The second-order valence-electron chi connectivity index (χ2n) is 3.78. The van der Waals surface area contributed by atoms with Gasteiger partial charge in [0.05, 0.1) is 6.54 Å². The van der Waals surface area contributed by atoms with Crippen LogP contribution in [0.15, 0.2) is 21.6 Å². The third-order valence-electron chi connectivity index (χ3n) is 2.55. The van der Waals surface area contributed by atoms with Gasteiger partial charge in [-0.3, -0.25) is 0 Å². The standard InChI is InChI=1S/C11H20N2O3S/c1-3-5-8-13(4-2)17(14,15)11-7-6-10(9-12)16-11/h6-7H,3-5,8-9,12H2,1-2H3. The number of hydrogen-bond acceptors (Lipinski definition) is 4. The van der Waals surface area contributed by atoms with Gasteiger partial charge >= 0.3 is 0 Å². The molecule has 0 spiro atoms. The molecule has 17 heavy (non-hydrogen) atoms. The molecular formula is C11H20N2O3S. The molecule has 5 nitrogen and oxygen atoms in total. The maximum absolute atomic E-state index is 12.2. The lowest BCUT2D eigenvalue weighted by Gasteiger charge is -2.18. The van der Waals surface area contributed by atoms with Gasteiger partial charge in [-0.2, -0.15) is 4.31 Å². The Morgan fingerprint density at radius 3 is 2.53 bits per heavy atom. The van der Waals surface area contributed by atoms with E-state index in [0.717, 1.165) is 12.8 Å². The van der Waals surface area contributed by atoms with Crippen LogP contribution >= 0.6 is 0 Å². The van der Waals surface area contributed by atoms with Crippen LogP contribution in [0.1, 0.15) is 32.4 Å². The van der Waals surface area contributed by atoms with Gasteiger partial charge in [-0.1, -0.05) is 20.3 Å². The van der Waals surface area contributed by atoms with Gasteiger partial charge in [0.2, 0.25) is 5.09 Å². The van der Waals surface area contributed by atoms with E-state index in [1.165, 1.54) is 10.4 Å². The van der Waals surface area contributed by atoms with Gasteiger partial charge in [0.15, 0.2) is 0 Å². The Morgan fingerprint density at radius 1 is 1.35 bits per heavy atom. The quantitative estimate of drug-likeness (QED) is 0.807. The molecule has 2 N–H and O–H groups in total. The van der Waals surface area contributed by atoms with E-state index in [1.807, 2.05) is 13.8 Å². The fourth-order valence-corrected chi connectivity index (χ4v) is 2.93. The highest BCUT2D eigenvalue weighted by molar-refractivity contribution is 7.89. The summed E-state index contributed by atoms with van der Waals surface area (Å²) in [4.78, 5) is 0. The van der Waals surface area contributed by atoms with E-state index in [0.29, 0.717) is 18.8 Å². The Bertz CT molecular complexity index is 439. The first-order chi connectivity index (χ1) is 8.06. The minimum atomic E-state index is -3.50. The van der Waals surface area contributed by atoms with Crippen molar-refractivity contribution < 1.29 is 12.8 Å². The van der Waals surface area contributed by atoms with Crippen molar-refractivity contribution in [2.45, 2.75) is 38.3 Å². The average molecular weight is 260 g/mol. The SMILES string of the molecule is CCCCN(CC)S(=O)(=O)c1ccc(CN)o1. The highest BCUT2D eigenvalue weighted by Gasteiger charge is 2.25. The highest BCUT2D eigenvalue weighted by Crippen LogP contribution is 2.18. The highest BCUT2D eigenvalue weighted by atomic mass is 32.2. The predicted octanol–water partition coefficient (Wildman–Crippen LogP) is 1.55. The van der Waals surface area contributed by atoms with Crippen LogP contribution in [0.2, 0.25) is 0 Å². The normalized spacial score (nSPS) is 12.2. The summed E-state index contributed by atoms with van der Waals surface area (Å²) in [6.07, 6.45) is 1.80. The number of hydrogen-bond donors (Lipinski definition) is 1. The van der Waals surface area contributed by atoms with Crippen LogP contribution in [0.5, 0.6) is 0 Å². The number of furan rings is 1. The van der Waals surface area contributed by atoms with Gasteiger partial charge in [-0.05, 0) is 18.6 Å². The van der Waals surface area contributed by atoms with Crippen molar-refractivity contribution in [1.29, 1.82) is 0 Å². The van der Waals surface area contributed by atoms with E-state index in [1.54, 1.807) is 6.07 Å². The molecule has 0 bridgehead atoms. The second kappa shape index (κ2) is 6.18.